The number of carbonyl (C=O) groups is 3. The first-order chi connectivity index (χ1) is 18.7. The fourth-order valence-electron chi connectivity index (χ4n) is 6.13. The lowest BCUT2D eigenvalue weighted by atomic mass is 9.83. The molecule has 3 aliphatic rings. The molecule has 0 radical (unpaired) electrons. The van der Waals surface area contributed by atoms with Gasteiger partial charge in [-0.2, -0.15) is 0 Å². The zero-order valence-electron chi connectivity index (χ0n) is 23.5. The van der Waals surface area contributed by atoms with Crippen LogP contribution in [0.5, 0.6) is 11.5 Å². The van der Waals surface area contributed by atoms with Gasteiger partial charge in [-0.05, 0) is 65.3 Å². The number of nitrogens with zero attached hydrogens (tertiary/aromatic N) is 1. The molecule has 2 amide bonds. The zero-order valence-corrected chi connectivity index (χ0v) is 23.5. The second-order valence-electron chi connectivity index (χ2n) is 12.8. The quantitative estimate of drug-likeness (QED) is 0.508. The summed E-state index contributed by atoms with van der Waals surface area (Å²) in [5.41, 5.74) is 2.17. The average Bonchev–Trinajstić information content (AvgIpc) is 3.40. The molecular weight excluding hydrogens is 518 g/mol. The third-order valence-corrected chi connectivity index (χ3v) is 7.73. The summed E-state index contributed by atoms with van der Waals surface area (Å²) < 4.78 is 36.9. The van der Waals surface area contributed by atoms with Gasteiger partial charge >= 0.3 is 6.29 Å². The number of benzene rings is 2. The van der Waals surface area contributed by atoms with Gasteiger partial charge < -0.3 is 19.7 Å². The number of hydrogen-bond acceptors (Lipinski definition) is 5. The van der Waals surface area contributed by atoms with E-state index in [1.165, 1.54) is 23.1 Å². The fourth-order valence-corrected chi connectivity index (χ4v) is 6.13. The minimum absolute atomic E-state index is 0.0483. The topological polar surface area (TPSA) is 84.9 Å². The molecule has 1 aliphatic carbocycles. The van der Waals surface area contributed by atoms with Crippen LogP contribution in [0.15, 0.2) is 42.5 Å². The number of ketones is 1. The van der Waals surface area contributed by atoms with Crippen molar-refractivity contribution in [2.45, 2.75) is 84.7 Å². The van der Waals surface area contributed by atoms with E-state index in [-0.39, 0.29) is 47.4 Å². The van der Waals surface area contributed by atoms with Gasteiger partial charge in [0, 0.05) is 6.42 Å². The van der Waals surface area contributed by atoms with Crippen molar-refractivity contribution >= 4 is 17.6 Å². The first kappa shape index (κ1) is 28.1. The largest absolute Gasteiger partial charge is 0.586 e. The van der Waals surface area contributed by atoms with E-state index in [0.29, 0.717) is 24.8 Å². The van der Waals surface area contributed by atoms with E-state index in [2.05, 4.69) is 14.8 Å². The number of rotatable bonds is 7. The van der Waals surface area contributed by atoms with Crippen LogP contribution in [0.1, 0.15) is 70.2 Å². The molecule has 0 saturated carbocycles. The van der Waals surface area contributed by atoms with Crippen LogP contribution in [0, 0.1) is 17.3 Å². The number of hydrogen-bond donors (Lipinski definition) is 1. The van der Waals surface area contributed by atoms with Gasteiger partial charge in [0.1, 0.15) is 18.1 Å². The van der Waals surface area contributed by atoms with Crippen LogP contribution in [-0.4, -0.2) is 40.9 Å². The minimum Gasteiger partial charge on any atom is -0.395 e. The fraction of sp³-hybridized carbons (Fsp3) is 0.516. The molecule has 9 heteroatoms. The summed E-state index contributed by atoms with van der Waals surface area (Å²) in [4.78, 5) is 43.5. The average molecular weight is 555 g/mol. The Bertz CT molecular complexity index is 1310. The molecule has 3 atom stereocenters. The molecule has 5 rings (SSSR count). The Hall–Kier alpha value is -3.49. The number of fused-ring (bicyclic) bond motifs is 2. The molecule has 1 saturated heterocycles. The van der Waals surface area contributed by atoms with Gasteiger partial charge in [-0.25, -0.2) is 0 Å². The van der Waals surface area contributed by atoms with Gasteiger partial charge in [0.05, 0.1) is 0 Å². The Morgan fingerprint density at radius 3 is 2.27 bits per heavy atom. The van der Waals surface area contributed by atoms with E-state index in [4.69, 9.17) is 0 Å². The number of alkyl halides is 2. The predicted molar refractivity (Wildman–Crippen MR) is 144 cm³/mol. The Labute approximate surface area is 233 Å². The van der Waals surface area contributed by atoms with Crippen molar-refractivity contribution in [2.75, 3.05) is 0 Å². The van der Waals surface area contributed by atoms with Gasteiger partial charge in [-0.1, -0.05) is 65.0 Å². The summed E-state index contributed by atoms with van der Waals surface area (Å²) in [5.74, 6) is -1.40. The van der Waals surface area contributed by atoms with Gasteiger partial charge in [0.15, 0.2) is 17.3 Å². The second-order valence-corrected chi connectivity index (χ2v) is 12.8. The normalized spacial score (nSPS) is 22.9. The van der Waals surface area contributed by atoms with Crippen molar-refractivity contribution in [2.24, 2.45) is 17.3 Å². The van der Waals surface area contributed by atoms with E-state index in [1.54, 1.807) is 0 Å². The molecule has 7 nitrogen and oxygen atoms in total. The zero-order chi connectivity index (χ0) is 29.0. The molecular formula is C31H36F2N2O5. The lowest BCUT2D eigenvalue weighted by Gasteiger charge is -2.45. The van der Waals surface area contributed by atoms with Crippen LogP contribution in [0.3, 0.4) is 0 Å². The van der Waals surface area contributed by atoms with Crippen molar-refractivity contribution < 1.29 is 32.6 Å². The Morgan fingerprint density at radius 2 is 1.68 bits per heavy atom. The maximum Gasteiger partial charge on any atom is 0.586 e. The molecule has 0 spiro atoms. The summed E-state index contributed by atoms with van der Waals surface area (Å²) in [6.07, 6.45) is -2.10. The molecule has 214 valence electrons. The number of piperazine rings is 1. The van der Waals surface area contributed by atoms with Crippen molar-refractivity contribution in [3.8, 4) is 11.5 Å². The van der Waals surface area contributed by atoms with E-state index >= 15 is 0 Å². The molecule has 0 unspecified atom stereocenters. The number of nitrogens with one attached hydrogen (secondary N) is 1. The first-order valence-corrected chi connectivity index (χ1v) is 13.8. The van der Waals surface area contributed by atoms with Crippen LogP contribution in [-0.2, 0) is 27.2 Å². The van der Waals surface area contributed by atoms with Gasteiger partial charge in [-0.15, -0.1) is 8.78 Å². The number of Topliss-reactive ketones (excluding diaryl/α,β-unsaturated/α-hetero) is 1. The summed E-state index contributed by atoms with van der Waals surface area (Å²) in [7, 11) is 0. The van der Waals surface area contributed by atoms with Gasteiger partial charge in [0.2, 0.25) is 11.8 Å². The van der Waals surface area contributed by atoms with E-state index in [9.17, 15) is 23.2 Å². The molecule has 0 bridgehead atoms. The maximum atomic E-state index is 14.4. The van der Waals surface area contributed by atoms with Crippen molar-refractivity contribution in [1.29, 1.82) is 0 Å². The lowest BCUT2D eigenvalue weighted by molar-refractivity contribution is -0.286. The lowest BCUT2D eigenvalue weighted by Crippen LogP contribution is -2.66. The van der Waals surface area contributed by atoms with E-state index in [0.717, 1.165) is 11.1 Å². The summed E-state index contributed by atoms with van der Waals surface area (Å²) in [6.45, 7) is 9.64. The predicted octanol–water partition coefficient (Wildman–Crippen LogP) is 5.21. The van der Waals surface area contributed by atoms with Crippen molar-refractivity contribution in [3.63, 3.8) is 0 Å². The highest BCUT2D eigenvalue weighted by Crippen LogP contribution is 2.44. The maximum absolute atomic E-state index is 14.4. The highest BCUT2D eigenvalue weighted by atomic mass is 19.3. The van der Waals surface area contributed by atoms with E-state index < -0.39 is 29.8 Å². The van der Waals surface area contributed by atoms with Crippen molar-refractivity contribution in [3.05, 3.63) is 59.2 Å². The highest BCUT2D eigenvalue weighted by molar-refractivity contribution is 6.01. The van der Waals surface area contributed by atoms with Crippen LogP contribution >= 0.6 is 0 Å². The minimum atomic E-state index is -3.82. The Kier molecular flexibility index (Phi) is 7.13. The SMILES string of the molecule is CC(C)C[C@@H]1C(=O)N[C@H](C2Cc3ccccc3C2)C(=O)N1[C@@H](C(=O)CC(C)(C)C)c1ccc2c(c1)OC(F)(F)O2. The molecule has 2 aromatic carbocycles. The first-order valence-electron chi connectivity index (χ1n) is 13.8. The molecule has 2 aliphatic heterocycles. The molecule has 1 fully saturated rings. The molecule has 2 heterocycles. The number of carbonyl (C=O) groups excluding carboxylic acids is 3. The number of amides is 2. The summed E-state index contributed by atoms with van der Waals surface area (Å²) in [6, 6.07) is 9.25. The van der Waals surface area contributed by atoms with Gasteiger partial charge in [-0.3, -0.25) is 14.4 Å². The summed E-state index contributed by atoms with van der Waals surface area (Å²) >= 11 is 0. The van der Waals surface area contributed by atoms with Crippen LogP contribution in [0.2, 0.25) is 0 Å². The van der Waals surface area contributed by atoms with Crippen LogP contribution < -0.4 is 14.8 Å². The highest BCUT2D eigenvalue weighted by Gasteiger charge is 2.50. The second kappa shape index (κ2) is 10.2. The standard InChI is InChI=1S/C31H36F2N2O5/c1-17(2)12-22-28(37)34-26(21-13-18-8-6-7-9-19(18)14-21)29(38)35(22)27(23(36)16-30(3,4)5)20-10-11-24-25(15-20)40-31(32,33)39-24/h6-11,15,17,21-22,26-27H,12-14,16H2,1-5H3,(H,34,37)/t22-,26-,27-/m1/s1. The van der Waals surface area contributed by atoms with Gasteiger partial charge in [0.25, 0.3) is 0 Å². The monoisotopic (exact) mass is 554 g/mol. The van der Waals surface area contributed by atoms with Crippen LogP contribution in [0.25, 0.3) is 0 Å². The van der Waals surface area contributed by atoms with Crippen LogP contribution in [0.4, 0.5) is 8.78 Å². The Morgan fingerprint density at radius 1 is 1.05 bits per heavy atom. The molecule has 0 aromatic heterocycles. The number of ether oxygens (including phenoxy) is 2. The third kappa shape index (κ3) is 5.56. The Balaban J connectivity index is 1.57. The van der Waals surface area contributed by atoms with E-state index in [1.807, 2.05) is 58.9 Å². The number of halogens is 2. The molecule has 40 heavy (non-hydrogen) atoms. The summed E-state index contributed by atoms with van der Waals surface area (Å²) in [5, 5.41) is 2.99. The molecule has 2 aromatic rings. The van der Waals surface area contributed by atoms with Crippen molar-refractivity contribution in [1.82, 2.24) is 10.2 Å². The smallest absolute Gasteiger partial charge is 0.395 e. The molecule has 1 N–H and O–H groups in total. The third-order valence-electron chi connectivity index (χ3n) is 7.73.